The van der Waals surface area contributed by atoms with E-state index in [-0.39, 0.29) is 6.10 Å². The molecule has 0 bridgehead atoms. The summed E-state index contributed by atoms with van der Waals surface area (Å²) in [6.45, 7) is 4.19. The van der Waals surface area contributed by atoms with Gasteiger partial charge in [0.2, 0.25) is 0 Å². The zero-order chi connectivity index (χ0) is 14.5. The van der Waals surface area contributed by atoms with Crippen LogP contribution in [0.25, 0.3) is 0 Å². The van der Waals surface area contributed by atoms with Crippen LogP contribution < -0.4 is 0 Å². The van der Waals surface area contributed by atoms with Gasteiger partial charge in [-0.05, 0) is 26.3 Å². The zero-order valence-electron chi connectivity index (χ0n) is 11.3. The van der Waals surface area contributed by atoms with Crippen molar-refractivity contribution in [2.45, 2.75) is 32.5 Å². The fourth-order valence-corrected chi connectivity index (χ4v) is 1.44. The molecule has 0 aliphatic rings. The van der Waals surface area contributed by atoms with Crippen molar-refractivity contribution in [1.29, 1.82) is 0 Å². The molecule has 0 aliphatic carbocycles. The van der Waals surface area contributed by atoms with Gasteiger partial charge in [-0.1, -0.05) is 30.3 Å². The molecule has 0 fully saturated rings. The molecular formula is C14H18O5. The number of hydrogen-bond donors (Lipinski definition) is 1. The molecule has 0 aromatic heterocycles. The molecule has 0 saturated heterocycles. The van der Waals surface area contributed by atoms with Gasteiger partial charge in [0.05, 0.1) is 6.10 Å². The Bertz CT molecular complexity index is 436. The molecule has 0 saturated carbocycles. The quantitative estimate of drug-likeness (QED) is 0.815. The monoisotopic (exact) mass is 266 g/mol. The summed E-state index contributed by atoms with van der Waals surface area (Å²) in [6.07, 6.45) is -0.277. The molecule has 0 amide bonds. The molecule has 5 nitrogen and oxygen atoms in total. The summed E-state index contributed by atoms with van der Waals surface area (Å²) in [7, 11) is 0. The highest BCUT2D eigenvalue weighted by atomic mass is 16.6. The van der Waals surface area contributed by atoms with Crippen molar-refractivity contribution in [2.24, 2.45) is 0 Å². The van der Waals surface area contributed by atoms with Gasteiger partial charge in [0, 0.05) is 0 Å². The maximum atomic E-state index is 11.8. The lowest BCUT2D eigenvalue weighted by Gasteiger charge is -2.21. The summed E-state index contributed by atoms with van der Waals surface area (Å²) in [6, 6.07) is 8.38. The van der Waals surface area contributed by atoms with Gasteiger partial charge in [0.1, 0.15) is 0 Å². The summed E-state index contributed by atoms with van der Waals surface area (Å²) in [5.41, 5.74) is -1.39. The molecule has 1 aromatic rings. The Labute approximate surface area is 112 Å². The number of benzene rings is 1. The van der Waals surface area contributed by atoms with E-state index in [0.29, 0.717) is 5.56 Å². The van der Waals surface area contributed by atoms with Crippen molar-refractivity contribution < 1.29 is 24.2 Å². The van der Waals surface area contributed by atoms with Gasteiger partial charge in [-0.15, -0.1) is 0 Å². The average molecular weight is 266 g/mol. The normalized spacial score (nSPS) is 13.7. The lowest BCUT2D eigenvalue weighted by molar-refractivity contribution is -0.173. The lowest BCUT2D eigenvalue weighted by atomic mass is 9.96. The summed E-state index contributed by atoms with van der Waals surface area (Å²) in [5.74, 6) is -1.54. The highest BCUT2D eigenvalue weighted by Crippen LogP contribution is 2.21. The Morgan fingerprint density at radius 2 is 1.84 bits per heavy atom. The molecule has 1 N–H and O–H groups in total. The number of carbonyl (C=O) groups excluding carboxylic acids is 2. The minimum Gasteiger partial charge on any atom is -0.460 e. The summed E-state index contributed by atoms with van der Waals surface area (Å²) in [5, 5.41) is 10.1. The molecule has 0 heterocycles. The van der Waals surface area contributed by atoms with Crippen LogP contribution in [0.4, 0.5) is 0 Å². The first-order chi connectivity index (χ1) is 8.84. The van der Waals surface area contributed by atoms with Crippen LogP contribution >= 0.6 is 0 Å². The molecule has 0 aliphatic heterocycles. The number of hydrogen-bond acceptors (Lipinski definition) is 5. The smallest absolute Gasteiger partial charge is 0.344 e. The van der Waals surface area contributed by atoms with E-state index in [1.807, 2.05) is 0 Å². The van der Waals surface area contributed by atoms with E-state index in [1.165, 1.54) is 6.92 Å². The molecule has 0 spiro atoms. The second kappa shape index (κ2) is 6.33. The van der Waals surface area contributed by atoms with Crippen LogP contribution in [0.1, 0.15) is 26.3 Å². The number of esters is 2. The van der Waals surface area contributed by atoms with Gasteiger partial charge in [-0.25, -0.2) is 9.59 Å². The number of rotatable bonds is 5. The fraction of sp³-hybridized carbons (Fsp3) is 0.429. The van der Waals surface area contributed by atoms with Crippen molar-refractivity contribution in [2.75, 3.05) is 6.61 Å². The van der Waals surface area contributed by atoms with Gasteiger partial charge in [0.15, 0.2) is 12.2 Å². The fourth-order valence-electron chi connectivity index (χ4n) is 1.44. The first-order valence-corrected chi connectivity index (χ1v) is 5.98. The van der Waals surface area contributed by atoms with Crippen LogP contribution in [-0.4, -0.2) is 29.8 Å². The molecule has 1 unspecified atom stereocenters. The summed E-state index contributed by atoms with van der Waals surface area (Å²) < 4.78 is 9.58. The van der Waals surface area contributed by atoms with E-state index in [4.69, 9.17) is 9.47 Å². The Hall–Kier alpha value is -1.88. The third-order valence-electron chi connectivity index (χ3n) is 2.42. The average Bonchev–Trinajstić information content (AvgIpc) is 2.36. The van der Waals surface area contributed by atoms with Crippen molar-refractivity contribution in [3.05, 3.63) is 35.9 Å². The van der Waals surface area contributed by atoms with E-state index in [0.717, 1.165) is 0 Å². The standard InChI is InChI=1S/C14H18O5/c1-10(2)19-12(15)9-18-13(16)14(3,17)11-7-5-4-6-8-11/h4-8,10,17H,9H2,1-3H3. The Balaban J connectivity index is 2.60. The molecule has 1 atom stereocenters. The Morgan fingerprint density at radius 3 is 2.37 bits per heavy atom. The highest BCUT2D eigenvalue weighted by molar-refractivity contribution is 5.83. The number of aliphatic hydroxyl groups is 1. The van der Waals surface area contributed by atoms with E-state index in [9.17, 15) is 14.7 Å². The van der Waals surface area contributed by atoms with Crippen molar-refractivity contribution in [3.8, 4) is 0 Å². The molecular weight excluding hydrogens is 248 g/mol. The minimum absolute atomic E-state index is 0.277. The number of carbonyl (C=O) groups is 2. The van der Waals surface area contributed by atoms with Gasteiger partial charge in [0.25, 0.3) is 0 Å². The number of ether oxygens (including phenoxy) is 2. The van der Waals surface area contributed by atoms with Crippen LogP contribution in [0, 0.1) is 0 Å². The van der Waals surface area contributed by atoms with E-state index < -0.39 is 24.1 Å². The van der Waals surface area contributed by atoms with E-state index in [2.05, 4.69) is 0 Å². The van der Waals surface area contributed by atoms with E-state index >= 15 is 0 Å². The van der Waals surface area contributed by atoms with Crippen molar-refractivity contribution in [1.82, 2.24) is 0 Å². The highest BCUT2D eigenvalue weighted by Gasteiger charge is 2.34. The minimum atomic E-state index is -1.79. The predicted molar refractivity (Wildman–Crippen MR) is 68.2 cm³/mol. The van der Waals surface area contributed by atoms with Gasteiger partial charge < -0.3 is 14.6 Å². The van der Waals surface area contributed by atoms with Crippen LogP contribution in [0.2, 0.25) is 0 Å². The summed E-state index contributed by atoms with van der Waals surface area (Å²) >= 11 is 0. The molecule has 104 valence electrons. The van der Waals surface area contributed by atoms with Crippen molar-refractivity contribution >= 4 is 11.9 Å². The first kappa shape index (κ1) is 15.2. The third kappa shape index (κ3) is 4.37. The van der Waals surface area contributed by atoms with Crippen LogP contribution in [0.5, 0.6) is 0 Å². The largest absolute Gasteiger partial charge is 0.460 e. The molecule has 5 heteroatoms. The topological polar surface area (TPSA) is 72.8 Å². The lowest BCUT2D eigenvalue weighted by Crippen LogP contribution is -2.35. The molecule has 0 radical (unpaired) electrons. The van der Waals surface area contributed by atoms with E-state index in [1.54, 1.807) is 44.2 Å². The molecule has 1 aromatic carbocycles. The molecule has 1 rings (SSSR count). The maximum Gasteiger partial charge on any atom is 0.344 e. The third-order valence-corrected chi connectivity index (χ3v) is 2.42. The van der Waals surface area contributed by atoms with Crippen molar-refractivity contribution in [3.63, 3.8) is 0 Å². The van der Waals surface area contributed by atoms with Crippen LogP contribution in [0.3, 0.4) is 0 Å². The SMILES string of the molecule is CC(C)OC(=O)COC(=O)C(C)(O)c1ccccc1. The first-order valence-electron chi connectivity index (χ1n) is 5.98. The Morgan fingerprint density at radius 1 is 1.26 bits per heavy atom. The van der Waals surface area contributed by atoms with Gasteiger partial charge >= 0.3 is 11.9 Å². The zero-order valence-corrected chi connectivity index (χ0v) is 11.3. The Kier molecular flexibility index (Phi) is 5.06. The predicted octanol–water partition coefficient (Wildman–Crippen LogP) is 1.39. The van der Waals surface area contributed by atoms with Crippen LogP contribution in [-0.2, 0) is 24.7 Å². The van der Waals surface area contributed by atoms with Crippen LogP contribution in [0.15, 0.2) is 30.3 Å². The molecule has 19 heavy (non-hydrogen) atoms. The second-order valence-electron chi connectivity index (χ2n) is 4.55. The van der Waals surface area contributed by atoms with Gasteiger partial charge in [-0.2, -0.15) is 0 Å². The van der Waals surface area contributed by atoms with Gasteiger partial charge in [-0.3, -0.25) is 0 Å². The summed E-state index contributed by atoms with van der Waals surface area (Å²) in [4.78, 5) is 23.0. The maximum absolute atomic E-state index is 11.8. The second-order valence-corrected chi connectivity index (χ2v) is 4.55.